The number of aromatic amines is 1. The Kier molecular flexibility index (Phi) is 4.53. The predicted octanol–water partition coefficient (Wildman–Crippen LogP) is 1.00. The highest BCUT2D eigenvalue weighted by molar-refractivity contribution is 5.89. The van der Waals surface area contributed by atoms with Crippen LogP contribution in [0, 0.1) is 0 Å². The van der Waals surface area contributed by atoms with Gasteiger partial charge in [0, 0.05) is 23.5 Å². The maximum absolute atomic E-state index is 11.7. The first kappa shape index (κ1) is 14.3. The van der Waals surface area contributed by atoms with Crippen molar-refractivity contribution in [3.63, 3.8) is 0 Å². The molecule has 0 radical (unpaired) electrons. The van der Waals surface area contributed by atoms with Gasteiger partial charge in [-0.1, -0.05) is 18.2 Å². The van der Waals surface area contributed by atoms with Crippen LogP contribution in [0.4, 0.5) is 0 Å². The largest absolute Gasteiger partial charge is 0.361 e. The average Bonchev–Trinajstić information content (AvgIpc) is 2.82. The SMILES string of the molecule is CNCC(=O)N[C@@H](Cc1c[nH]c2ccccc12)C(C)=O. The maximum Gasteiger partial charge on any atom is 0.234 e. The summed E-state index contributed by atoms with van der Waals surface area (Å²) in [5.74, 6) is -0.215. The van der Waals surface area contributed by atoms with Crippen LogP contribution in [0.2, 0.25) is 0 Å². The summed E-state index contributed by atoms with van der Waals surface area (Å²) >= 11 is 0. The molecule has 1 heterocycles. The highest BCUT2D eigenvalue weighted by atomic mass is 16.2. The molecule has 0 aliphatic heterocycles. The molecular formula is C15H19N3O2. The number of hydrogen-bond acceptors (Lipinski definition) is 3. The van der Waals surface area contributed by atoms with Crippen LogP contribution in [-0.2, 0) is 16.0 Å². The molecule has 1 atom stereocenters. The molecule has 0 saturated heterocycles. The molecule has 3 N–H and O–H groups in total. The van der Waals surface area contributed by atoms with E-state index in [0.29, 0.717) is 6.42 Å². The van der Waals surface area contributed by atoms with Crippen LogP contribution in [0.15, 0.2) is 30.5 Å². The number of fused-ring (bicyclic) bond motifs is 1. The van der Waals surface area contributed by atoms with Crippen molar-refractivity contribution in [3.8, 4) is 0 Å². The number of ketones is 1. The number of carbonyl (C=O) groups excluding carboxylic acids is 2. The Balaban J connectivity index is 2.15. The van der Waals surface area contributed by atoms with Crippen molar-refractivity contribution in [3.05, 3.63) is 36.0 Å². The van der Waals surface area contributed by atoms with E-state index in [-0.39, 0.29) is 18.2 Å². The molecule has 2 aromatic rings. The second kappa shape index (κ2) is 6.34. The standard InChI is InChI=1S/C15H19N3O2/c1-10(19)14(18-15(20)9-16-2)7-11-8-17-13-6-4-3-5-12(11)13/h3-6,8,14,16-17H,7,9H2,1-2H3,(H,18,20)/t14-/m0/s1. The summed E-state index contributed by atoms with van der Waals surface area (Å²) in [5.41, 5.74) is 2.07. The lowest BCUT2D eigenvalue weighted by atomic mass is 10.0. The smallest absolute Gasteiger partial charge is 0.234 e. The normalized spacial score (nSPS) is 12.3. The van der Waals surface area contributed by atoms with Gasteiger partial charge in [-0.05, 0) is 25.6 Å². The van der Waals surface area contributed by atoms with Crippen molar-refractivity contribution in [2.75, 3.05) is 13.6 Å². The van der Waals surface area contributed by atoms with Gasteiger partial charge in [0.25, 0.3) is 0 Å². The molecule has 0 bridgehead atoms. The molecule has 1 aromatic heterocycles. The Bertz CT molecular complexity index is 618. The van der Waals surface area contributed by atoms with E-state index in [1.54, 1.807) is 7.05 Å². The van der Waals surface area contributed by atoms with Gasteiger partial charge in [0.05, 0.1) is 12.6 Å². The molecule has 0 spiro atoms. The number of nitrogens with one attached hydrogen (secondary N) is 3. The summed E-state index contributed by atoms with van der Waals surface area (Å²) < 4.78 is 0. The maximum atomic E-state index is 11.7. The molecule has 2 rings (SSSR count). The summed E-state index contributed by atoms with van der Waals surface area (Å²) in [7, 11) is 1.70. The fourth-order valence-corrected chi connectivity index (χ4v) is 2.22. The number of Topliss-reactive ketones (excluding diaryl/α,β-unsaturated/α-hetero) is 1. The molecule has 5 nitrogen and oxygen atoms in total. The lowest BCUT2D eigenvalue weighted by molar-refractivity contribution is -0.126. The van der Waals surface area contributed by atoms with Gasteiger partial charge < -0.3 is 15.6 Å². The first-order chi connectivity index (χ1) is 9.61. The summed E-state index contributed by atoms with van der Waals surface area (Å²) in [4.78, 5) is 26.5. The molecule has 0 unspecified atom stereocenters. The van der Waals surface area contributed by atoms with Gasteiger partial charge in [0.15, 0.2) is 5.78 Å². The van der Waals surface area contributed by atoms with Crippen LogP contribution >= 0.6 is 0 Å². The Morgan fingerprint density at radius 1 is 1.30 bits per heavy atom. The lowest BCUT2D eigenvalue weighted by Crippen LogP contribution is -2.44. The number of benzene rings is 1. The summed E-state index contributed by atoms with van der Waals surface area (Å²) in [6.45, 7) is 1.71. The second-order valence-electron chi connectivity index (χ2n) is 4.82. The van der Waals surface area contributed by atoms with E-state index >= 15 is 0 Å². The zero-order valence-corrected chi connectivity index (χ0v) is 11.7. The van der Waals surface area contributed by atoms with Gasteiger partial charge >= 0.3 is 0 Å². The summed E-state index contributed by atoms with van der Waals surface area (Å²) in [6.07, 6.45) is 2.39. The Morgan fingerprint density at radius 2 is 2.05 bits per heavy atom. The number of para-hydroxylation sites is 1. The first-order valence-electron chi connectivity index (χ1n) is 6.61. The van der Waals surface area contributed by atoms with Crippen molar-refractivity contribution < 1.29 is 9.59 Å². The predicted molar refractivity (Wildman–Crippen MR) is 78.5 cm³/mol. The number of hydrogen-bond donors (Lipinski definition) is 3. The molecule has 0 aliphatic carbocycles. The third-order valence-corrected chi connectivity index (χ3v) is 3.26. The second-order valence-corrected chi connectivity index (χ2v) is 4.82. The number of carbonyl (C=O) groups is 2. The van der Waals surface area contributed by atoms with Gasteiger partial charge in [-0.2, -0.15) is 0 Å². The van der Waals surface area contributed by atoms with E-state index in [1.807, 2.05) is 30.5 Å². The van der Waals surface area contributed by atoms with Gasteiger partial charge in [0.1, 0.15) is 0 Å². The van der Waals surface area contributed by atoms with Crippen molar-refractivity contribution in [2.24, 2.45) is 0 Å². The van der Waals surface area contributed by atoms with Crippen LogP contribution in [0.1, 0.15) is 12.5 Å². The third kappa shape index (κ3) is 3.24. The monoisotopic (exact) mass is 273 g/mol. The van der Waals surface area contributed by atoms with E-state index in [1.165, 1.54) is 6.92 Å². The van der Waals surface area contributed by atoms with E-state index < -0.39 is 6.04 Å². The van der Waals surface area contributed by atoms with Crippen LogP contribution in [0.3, 0.4) is 0 Å². The van der Waals surface area contributed by atoms with E-state index in [9.17, 15) is 9.59 Å². The Hall–Kier alpha value is -2.14. The van der Waals surface area contributed by atoms with E-state index in [4.69, 9.17) is 0 Å². The lowest BCUT2D eigenvalue weighted by Gasteiger charge is -2.15. The van der Waals surface area contributed by atoms with Crippen LogP contribution in [0.25, 0.3) is 10.9 Å². The molecule has 0 fully saturated rings. The fourth-order valence-electron chi connectivity index (χ4n) is 2.22. The summed E-state index contributed by atoms with van der Waals surface area (Å²) in [5, 5.41) is 6.61. The van der Waals surface area contributed by atoms with Crippen molar-refractivity contribution in [1.82, 2.24) is 15.6 Å². The highest BCUT2D eigenvalue weighted by Crippen LogP contribution is 2.19. The summed E-state index contributed by atoms with van der Waals surface area (Å²) in [6, 6.07) is 7.42. The van der Waals surface area contributed by atoms with Crippen molar-refractivity contribution >= 4 is 22.6 Å². The molecule has 1 aromatic carbocycles. The molecule has 0 saturated carbocycles. The van der Waals surface area contributed by atoms with Crippen LogP contribution in [0.5, 0.6) is 0 Å². The van der Waals surface area contributed by atoms with Crippen molar-refractivity contribution in [2.45, 2.75) is 19.4 Å². The van der Waals surface area contributed by atoms with Gasteiger partial charge in [-0.15, -0.1) is 0 Å². The number of H-pyrrole nitrogens is 1. The molecule has 1 amide bonds. The van der Waals surface area contributed by atoms with Crippen LogP contribution in [-0.4, -0.2) is 36.3 Å². The minimum absolute atomic E-state index is 0.0419. The zero-order chi connectivity index (χ0) is 14.5. The van der Waals surface area contributed by atoms with Crippen molar-refractivity contribution in [1.29, 1.82) is 0 Å². The molecule has 5 heteroatoms. The van der Waals surface area contributed by atoms with E-state index in [2.05, 4.69) is 15.6 Å². The zero-order valence-electron chi connectivity index (χ0n) is 11.7. The minimum atomic E-state index is -0.491. The minimum Gasteiger partial charge on any atom is -0.361 e. The number of amides is 1. The van der Waals surface area contributed by atoms with Gasteiger partial charge in [0.2, 0.25) is 5.91 Å². The Labute approximate surface area is 117 Å². The first-order valence-corrected chi connectivity index (χ1v) is 6.61. The quantitative estimate of drug-likeness (QED) is 0.735. The number of likely N-dealkylation sites (N-methyl/N-ethyl adjacent to an activating group) is 1. The number of rotatable bonds is 6. The Morgan fingerprint density at radius 3 is 2.75 bits per heavy atom. The third-order valence-electron chi connectivity index (χ3n) is 3.26. The molecule has 20 heavy (non-hydrogen) atoms. The number of aromatic nitrogens is 1. The molecule has 0 aliphatic rings. The van der Waals surface area contributed by atoms with Crippen LogP contribution < -0.4 is 10.6 Å². The van der Waals surface area contributed by atoms with Gasteiger partial charge in [-0.3, -0.25) is 9.59 Å². The molecular weight excluding hydrogens is 254 g/mol. The van der Waals surface area contributed by atoms with E-state index in [0.717, 1.165) is 16.5 Å². The fraction of sp³-hybridized carbons (Fsp3) is 0.333. The average molecular weight is 273 g/mol. The molecule has 106 valence electrons. The highest BCUT2D eigenvalue weighted by Gasteiger charge is 2.18. The topological polar surface area (TPSA) is 74.0 Å². The van der Waals surface area contributed by atoms with Gasteiger partial charge in [-0.25, -0.2) is 0 Å².